The summed E-state index contributed by atoms with van der Waals surface area (Å²) in [6.45, 7) is 6.72. The molecule has 0 bridgehead atoms. The van der Waals surface area contributed by atoms with Crippen LogP contribution in [0.3, 0.4) is 0 Å². The predicted octanol–water partition coefficient (Wildman–Crippen LogP) is 4.03. The molecule has 2 aromatic carbocycles. The van der Waals surface area contributed by atoms with Crippen LogP contribution in [0.5, 0.6) is 0 Å². The first-order valence-corrected chi connectivity index (χ1v) is 11.6. The molecule has 0 unspecified atom stereocenters. The lowest BCUT2D eigenvalue weighted by Crippen LogP contribution is -2.46. The van der Waals surface area contributed by atoms with Crippen molar-refractivity contribution in [2.24, 2.45) is 0 Å². The molecule has 0 radical (unpaired) electrons. The predicted molar refractivity (Wildman–Crippen MR) is 133 cm³/mol. The Labute approximate surface area is 199 Å². The normalized spacial score (nSPS) is 14.2. The first-order chi connectivity index (χ1) is 16.7. The van der Waals surface area contributed by atoms with Gasteiger partial charge < -0.3 is 4.90 Å². The Kier molecular flexibility index (Phi) is 6.32. The summed E-state index contributed by atoms with van der Waals surface area (Å²) in [6, 6.07) is 20.5. The summed E-state index contributed by atoms with van der Waals surface area (Å²) in [4.78, 5) is 14.1. The molecule has 1 saturated heterocycles. The highest BCUT2D eigenvalue weighted by Gasteiger charge is 2.22. The minimum atomic E-state index is 0.416. The molecule has 7 heteroatoms. The van der Waals surface area contributed by atoms with Gasteiger partial charge in [0, 0.05) is 61.9 Å². The zero-order valence-electron chi connectivity index (χ0n) is 19.3. The molecule has 0 N–H and O–H groups in total. The number of anilines is 1. The fourth-order valence-electron chi connectivity index (χ4n) is 4.42. The second kappa shape index (κ2) is 9.86. The monoisotopic (exact) mass is 449 g/mol. The van der Waals surface area contributed by atoms with Crippen LogP contribution in [-0.4, -0.2) is 50.8 Å². The number of piperazine rings is 1. The van der Waals surface area contributed by atoms with E-state index in [1.165, 1.54) is 11.3 Å². The molecule has 2 aromatic heterocycles. The highest BCUT2D eigenvalue weighted by Crippen LogP contribution is 2.28. The number of benzene rings is 2. The number of nitrogens with zero attached hydrogens (tertiary/aromatic N) is 7. The van der Waals surface area contributed by atoms with E-state index < -0.39 is 0 Å². The molecule has 3 heterocycles. The molecular formula is C27H27N7. The number of aromatic nitrogens is 4. The molecule has 170 valence electrons. The van der Waals surface area contributed by atoms with E-state index in [4.69, 9.17) is 5.26 Å². The van der Waals surface area contributed by atoms with Gasteiger partial charge in [-0.25, -0.2) is 9.67 Å². The number of nitriles is 1. The van der Waals surface area contributed by atoms with Gasteiger partial charge in [-0.05, 0) is 24.6 Å². The topological polar surface area (TPSA) is 73.9 Å². The summed E-state index contributed by atoms with van der Waals surface area (Å²) in [5.41, 5.74) is 6.46. The Hall–Kier alpha value is -4.02. The molecule has 0 aliphatic carbocycles. The van der Waals surface area contributed by atoms with E-state index in [2.05, 4.69) is 50.0 Å². The number of hydrogen-bond donors (Lipinski definition) is 0. The van der Waals surface area contributed by atoms with Crippen molar-refractivity contribution in [3.8, 4) is 23.0 Å². The van der Waals surface area contributed by atoms with Gasteiger partial charge in [0.1, 0.15) is 5.69 Å². The first-order valence-electron chi connectivity index (χ1n) is 11.6. The number of hydrogen-bond acceptors (Lipinski definition) is 6. The van der Waals surface area contributed by atoms with Crippen molar-refractivity contribution >= 4 is 5.82 Å². The van der Waals surface area contributed by atoms with E-state index in [0.717, 1.165) is 61.0 Å². The molecule has 1 aliphatic heterocycles. The zero-order valence-corrected chi connectivity index (χ0v) is 19.3. The molecule has 0 atom stereocenters. The Bertz CT molecular complexity index is 1280. The molecule has 5 rings (SSSR count). The second-order valence-corrected chi connectivity index (χ2v) is 8.53. The van der Waals surface area contributed by atoms with Gasteiger partial charge in [0.15, 0.2) is 5.82 Å². The van der Waals surface area contributed by atoms with E-state index in [1.54, 1.807) is 12.4 Å². The maximum Gasteiger partial charge on any atom is 0.155 e. The van der Waals surface area contributed by atoms with Crippen LogP contribution in [0.4, 0.5) is 5.82 Å². The van der Waals surface area contributed by atoms with Gasteiger partial charge in [-0.1, -0.05) is 42.5 Å². The molecule has 0 saturated carbocycles. The van der Waals surface area contributed by atoms with E-state index in [0.29, 0.717) is 6.42 Å². The molecule has 0 spiro atoms. The van der Waals surface area contributed by atoms with Crippen LogP contribution in [0.2, 0.25) is 0 Å². The summed E-state index contributed by atoms with van der Waals surface area (Å²) in [5.74, 6) is 0.920. The average molecular weight is 450 g/mol. The lowest BCUT2D eigenvalue weighted by molar-refractivity contribution is 0.249. The second-order valence-electron chi connectivity index (χ2n) is 8.53. The van der Waals surface area contributed by atoms with Crippen LogP contribution in [-0.2, 0) is 13.0 Å². The minimum absolute atomic E-state index is 0.416. The Balaban J connectivity index is 1.26. The van der Waals surface area contributed by atoms with Crippen molar-refractivity contribution in [1.29, 1.82) is 5.26 Å². The lowest BCUT2D eigenvalue weighted by Gasteiger charge is -2.35. The van der Waals surface area contributed by atoms with Gasteiger partial charge in [-0.2, -0.15) is 10.4 Å². The van der Waals surface area contributed by atoms with Crippen molar-refractivity contribution in [2.75, 3.05) is 31.1 Å². The molecule has 4 aromatic rings. The van der Waals surface area contributed by atoms with Crippen LogP contribution in [0.25, 0.3) is 16.9 Å². The largest absolute Gasteiger partial charge is 0.352 e. The van der Waals surface area contributed by atoms with Crippen molar-refractivity contribution in [3.63, 3.8) is 0 Å². The molecular weight excluding hydrogens is 422 g/mol. The number of rotatable bonds is 6. The Morgan fingerprint density at radius 1 is 0.912 bits per heavy atom. The van der Waals surface area contributed by atoms with Crippen molar-refractivity contribution in [2.45, 2.75) is 19.9 Å². The van der Waals surface area contributed by atoms with Gasteiger partial charge >= 0.3 is 0 Å². The van der Waals surface area contributed by atoms with Gasteiger partial charge in [0.25, 0.3) is 0 Å². The molecule has 1 fully saturated rings. The van der Waals surface area contributed by atoms with Crippen molar-refractivity contribution < 1.29 is 0 Å². The van der Waals surface area contributed by atoms with Gasteiger partial charge in [0.05, 0.1) is 24.4 Å². The van der Waals surface area contributed by atoms with Crippen LogP contribution < -0.4 is 4.90 Å². The molecule has 7 nitrogen and oxygen atoms in total. The maximum atomic E-state index is 8.92. The van der Waals surface area contributed by atoms with Gasteiger partial charge in [0.2, 0.25) is 0 Å². The van der Waals surface area contributed by atoms with Gasteiger partial charge in [-0.3, -0.25) is 9.88 Å². The quantitative estimate of drug-likeness (QED) is 0.443. The smallest absolute Gasteiger partial charge is 0.155 e. The molecule has 34 heavy (non-hydrogen) atoms. The van der Waals surface area contributed by atoms with E-state index >= 15 is 0 Å². The SMILES string of the molecule is Cc1c(CN2CCN(c3nccnc3-c3ccc(CC#N)cc3)CC2)cnn1-c1ccccc1. The fourth-order valence-corrected chi connectivity index (χ4v) is 4.42. The summed E-state index contributed by atoms with van der Waals surface area (Å²) >= 11 is 0. The van der Waals surface area contributed by atoms with Crippen molar-refractivity contribution in [3.05, 3.63) is 90.0 Å². The maximum absolute atomic E-state index is 8.92. The van der Waals surface area contributed by atoms with E-state index in [9.17, 15) is 0 Å². The van der Waals surface area contributed by atoms with Crippen LogP contribution in [0, 0.1) is 18.3 Å². The molecule has 0 amide bonds. The summed E-state index contributed by atoms with van der Waals surface area (Å²) in [7, 11) is 0. The van der Waals surface area contributed by atoms with Crippen molar-refractivity contribution in [1.82, 2.24) is 24.6 Å². The highest BCUT2D eigenvalue weighted by molar-refractivity contribution is 5.72. The van der Waals surface area contributed by atoms with E-state index in [-0.39, 0.29) is 0 Å². The highest BCUT2D eigenvalue weighted by atomic mass is 15.3. The van der Waals surface area contributed by atoms with Gasteiger partial charge in [-0.15, -0.1) is 0 Å². The van der Waals surface area contributed by atoms with E-state index in [1.807, 2.05) is 53.3 Å². The zero-order chi connectivity index (χ0) is 23.3. The average Bonchev–Trinajstić information content (AvgIpc) is 3.25. The summed E-state index contributed by atoms with van der Waals surface area (Å²) in [5, 5.41) is 13.5. The first kappa shape index (κ1) is 21.8. The van der Waals surface area contributed by atoms with Crippen LogP contribution in [0.1, 0.15) is 16.8 Å². The fraction of sp³-hybridized carbons (Fsp3) is 0.259. The lowest BCUT2D eigenvalue weighted by atomic mass is 10.1. The van der Waals surface area contributed by atoms with Crippen LogP contribution >= 0.6 is 0 Å². The number of para-hydroxylation sites is 1. The third kappa shape index (κ3) is 4.54. The Morgan fingerprint density at radius 2 is 1.65 bits per heavy atom. The molecule has 1 aliphatic rings. The standard InChI is InChI=1S/C27H27N7/c1-21-24(19-31-34(21)25-5-3-2-4-6-25)20-32-15-17-33(18-16-32)27-26(29-13-14-30-27)23-9-7-22(8-10-23)11-12-28/h2-10,13-14,19H,11,15-18,20H2,1H3. The third-order valence-corrected chi connectivity index (χ3v) is 6.37. The third-order valence-electron chi connectivity index (χ3n) is 6.37. The minimum Gasteiger partial charge on any atom is -0.352 e. The van der Waals surface area contributed by atoms with Crippen LogP contribution in [0.15, 0.2) is 73.2 Å². The summed E-state index contributed by atoms with van der Waals surface area (Å²) in [6.07, 6.45) is 5.91. The summed E-state index contributed by atoms with van der Waals surface area (Å²) < 4.78 is 2.01. The Morgan fingerprint density at radius 3 is 2.38 bits per heavy atom.